The van der Waals surface area contributed by atoms with Crippen LogP contribution in [0.2, 0.25) is 0 Å². The molecule has 1 saturated heterocycles. The first-order valence-corrected chi connectivity index (χ1v) is 5.82. The Bertz CT molecular complexity index is 523. The number of aliphatic hydroxyl groups is 2. The van der Waals surface area contributed by atoms with Gasteiger partial charge in [-0.15, -0.1) is 0 Å². The lowest BCUT2D eigenvalue weighted by Gasteiger charge is -2.16. The Labute approximate surface area is 108 Å². The van der Waals surface area contributed by atoms with Crippen LogP contribution in [-0.2, 0) is 19.0 Å². The van der Waals surface area contributed by atoms with Gasteiger partial charge in [0, 0.05) is 5.56 Å². The average molecular weight is 264 g/mol. The lowest BCUT2D eigenvalue weighted by molar-refractivity contribution is -0.149. The molecule has 0 aromatic heterocycles. The van der Waals surface area contributed by atoms with Crippen molar-refractivity contribution < 1.29 is 29.2 Å². The highest BCUT2D eigenvalue weighted by Crippen LogP contribution is 2.33. The summed E-state index contributed by atoms with van der Waals surface area (Å²) in [5.41, 5.74) is 0.835. The van der Waals surface area contributed by atoms with Crippen molar-refractivity contribution in [1.82, 2.24) is 0 Å². The SMILES string of the molecule is O=C1O[C@H]([C@@H]2COC(c3ccccc3)O2)C(O)=C1O. The van der Waals surface area contributed by atoms with Crippen LogP contribution >= 0.6 is 0 Å². The van der Waals surface area contributed by atoms with Gasteiger partial charge in [0.05, 0.1) is 6.61 Å². The fourth-order valence-corrected chi connectivity index (χ4v) is 2.08. The van der Waals surface area contributed by atoms with Gasteiger partial charge in [0.2, 0.25) is 5.76 Å². The molecule has 2 N–H and O–H groups in total. The van der Waals surface area contributed by atoms with Gasteiger partial charge in [-0.05, 0) is 0 Å². The predicted molar refractivity (Wildman–Crippen MR) is 62.2 cm³/mol. The summed E-state index contributed by atoms with van der Waals surface area (Å²) >= 11 is 0. The first kappa shape index (κ1) is 12.0. The molecule has 1 aromatic rings. The fraction of sp³-hybridized carbons (Fsp3) is 0.308. The second kappa shape index (κ2) is 4.56. The summed E-state index contributed by atoms with van der Waals surface area (Å²) in [5, 5.41) is 18.8. The van der Waals surface area contributed by atoms with Crippen LogP contribution in [0, 0.1) is 0 Å². The molecule has 0 aliphatic carbocycles. The van der Waals surface area contributed by atoms with Crippen molar-refractivity contribution in [2.24, 2.45) is 0 Å². The second-order valence-corrected chi connectivity index (χ2v) is 4.31. The minimum Gasteiger partial charge on any atom is -0.505 e. The van der Waals surface area contributed by atoms with Crippen molar-refractivity contribution >= 4 is 5.97 Å². The summed E-state index contributed by atoms with van der Waals surface area (Å²) in [4.78, 5) is 11.1. The molecule has 2 heterocycles. The molecule has 0 amide bonds. The number of rotatable bonds is 2. The van der Waals surface area contributed by atoms with Gasteiger partial charge in [0.15, 0.2) is 18.2 Å². The number of hydrogen-bond acceptors (Lipinski definition) is 6. The topological polar surface area (TPSA) is 85.2 Å². The van der Waals surface area contributed by atoms with Gasteiger partial charge in [-0.3, -0.25) is 0 Å². The molecule has 0 bridgehead atoms. The standard InChI is InChI=1S/C13H12O6/c14-9-10(15)12(16)19-11(9)8-6-17-13(18-8)7-4-2-1-3-5-7/h1-5,8,11,13-15H,6H2/t8-,11+,13?/m0/s1. The Morgan fingerprint density at radius 1 is 1.16 bits per heavy atom. The van der Waals surface area contributed by atoms with Crippen molar-refractivity contribution in [3.05, 3.63) is 47.4 Å². The maximum Gasteiger partial charge on any atom is 0.377 e. The molecule has 100 valence electrons. The second-order valence-electron chi connectivity index (χ2n) is 4.31. The first-order valence-electron chi connectivity index (χ1n) is 5.82. The van der Waals surface area contributed by atoms with E-state index in [0.29, 0.717) is 0 Å². The van der Waals surface area contributed by atoms with Crippen molar-refractivity contribution in [1.29, 1.82) is 0 Å². The van der Waals surface area contributed by atoms with E-state index in [-0.39, 0.29) is 6.61 Å². The van der Waals surface area contributed by atoms with E-state index in [2.05, 4.69) is 0 Å². The molecule has 2 aliphatic heterocycles. The summed E-state index contributed by atoms with van der Waals surface area (Å²) in [7, 11) is 0. The van der Waals surface area contributed by atoms with Crippen LogP contribution in [0.5, 0.6) is 0 Å². The van der Waals surface area contributed by atoms with E-state index in [9.17, 15) is 15.0 Å². The monoisotopic (exact) mass is 264 g/mol. The normalized spacial score (nSPS) is 30.7. The number of carbonyl (C=O) groups excluding carboxylic acids is 1. The molecule has 3 rings (SSSR count). The Kier molecular flexibility index (Phi) is 2.88. The van der Waals surface area contributed by atoms with E-state index in [1.54, 1.807) is 0 Å². The Morgan fingerprint density at radius 2 is 1.89 bits per heavy atom. The Morgan fingerprint density at radius 3 is 2.53 bits per heavy atom. The van der Waals surface area contributed by atoms with Crippen LogP contribution in [0.3, 0.4) is 0 Å². The van der Waals surface area contributed by atoms with Crippen molar-refractivity contribution in [3.63, 3.8) is 0 Å². The molecular weight excluding hydrogens is 252 g/mol. The molecule has 6 heteroatoms. The molecule has 19 heavy (non-hydrogen) atoms. The van der Waals surface area contributed by atoms with Gasteiger partial charge in [-0.25, -0.2) is 4.79 Å². The lowest BCUT2D eigenvalue weighted by atomic mass is 10.2. The average Bonchev–Trinajstić information content (AvgIpc) is 3.01. The zero-order chi connectivity index (χ0) is 13.4. The summed E-state index contributed by atoms with van der Waals surface area (Å²) < 4.78 is 15.9. The Hall–Kier alpha value is -2.05. The summed E-state index contributed by atoms with van der Waals surface area (Å²) in [6.45, 7) is 0.162. The third-order valence-corrected chi connectivity index (χ3v) is 3.06. The van der Waals surface area contributed by atoms with E-state index in [4.69, 9.17) is 14.2 Å². The molecule has 1 fully saturated rings. The molecule has 3 atom stereocenters. The van der Waals surface area contributed by atoms with Gasteiger partial charge >= 0.3 is 5.97 Å². The number of esters is 1. The van der Waals surface area contributed by atoms with Crippen LogP contribution in [-0.4, -0.2) is 35.0 Å². The van der Waals surface area contributed by atoms with Crippen molar-refractivity contribution in [2.45, 2.75) is 18.5 Å². The largest absolute Gasteiger partial charge is 0.505 e. The number of cyclic esters (lactones) is 1. The third kappa shape index (κ3) is 2.05. The Balaban J connectivity index is 1.72. The highest BCUT2D eigenvalue weighted by molar-refractivity contribution is 5.89. The smallest absolute Gasteiger partial charge is 0.377 e. The summed E-state index contributed by atoms with van der Waals surface area (Å²) in [5.74, 6) is -2.22. The molecule has 0 saturated carbocycles. The van der Waals surface area contributed by atoms with Crippen LogP contribution < -0.4 is 0 Å². The van der Waals surface area contributed by atoms with Crippen LogP contribution in [0.4, 0.5) is 0 Å². The van der Waals surface area contributed by atoms with E-state index < -0.39 is 36.0 Å². The van der Waals surface area contributed by atoms with Gasteiger partial charge in [0.25, 0.3) is 0 Å². The van der Waals surface area contributed by atoms with Crippen molar-refractivity contribution in [3.8, 4) is 0 Å². The minimum atomic E-state index is -1.01. The lowest BCUT2D eigenvalue weighted by Crippen LogP contribution is -2.30. The number of hydrogen-bond donors (Lipinski definition) is 2. The number of ether oxygens (including phenoxy) is 3. The highest BCUT2D eigenvalue weighted by atomic mass is 16.7. The molecule has 1 aromatic carbocycles. The van der Waals surface area contributed by atoms with Gasteiger partial charge < -0.3 is 24.4 Å². The highest BCUT2D eigenvalue weighted by Gasteiger charge is 2.44. The summed E-state index contributed by atoms with van der Waals surface area (Å²) in [6, 6.07) is 9.28. The number of benzene rings is 1. The number of aliphatic hydroxyl groups excluding tert-OH is 2. The van der Waals surface area contributed by atoms with Gasteiger partial charge in [-0.2, -0.15) is 0 Å². The summed E-state index contributed by atoms with van der Waals surface area (Å²) in [6.07, 6.45) is -2.22. The maximum absolute atomic E-state index is 11.1. The molecule has 0 radical (unpaired) electrons. The van der Waals surface area contributed by atoms with E-state index in [0.717, 1.165) is 5.56 Å². The maximum atomic E-state index is 11.1. The van der Waals surface area contributed by atoms with E-state index >= 15 is 0 Å². The fourth-order valence-electron chi connectivity index (χ4n) is 2.08. The van der Waals surface area contributed by atoms with Crippen LogP contribution in [0.25, 0.3) is 0 Å². The quantitative estimate of drug-likeness (QED) is 0.784. The predicted octanol–water partition coefficient (Wildman–Crippen LogP) is 1.35. The van der Waals surface area contributed by atoms with Crippen LogP contribution in [0.1, 0.15) is 11.9 Å². The zero-order valence-corrected chi connectivity index (χ0v) is 9.85. The molecule has 1 unspecified atom stereocenters. The molecule has 2 aliphatic rings. The first-order chi connectivity index (χ1) is 9.16. The van der Waals surface area contributed by atoms with E-state index in [1.807, 2.05) is 30.3 Å². The molecule has 6 nitrogen and oxygen atoms in total. The third-order valence-electron chi connectivity index (χ3n) is 3.06. The van der Waals surface area contributed by atoms with Crippen LogP contribution in [0.15, 0.2) is 41.9 Å². The number of carbonyl (C=O) groups is 1. The zero-order valence-electron chi connectivity index (χ0n) is 9.85. The van der Waals surface area contributed by atoms with E-state index in [1.165, 1.54) is 0 Å². The van der Waals surface area contributed by atoms with Gasteiger partial charge in [-0.1, -0.05) is 30.3 Å². The van der Waals surface area contributed by atoms with Crippen molar-refractivity contribution in [2.75, 3.05) is 6.61 Å². The molecule has 0 spiro atoms. The van der Waals surface area contributed by atoms with Gasteiger partial charge in [0.1, 0.15) is 6.10 Å². The minimum absolute atomic E-state index is 0.162. The molecular formula is C13H12O6.